The highest BCUT2D eigenvalue weighted by Crippen LogP contribution is 2.32. The molecular formula is C16H18ClNO2S. The summed E-state index contributed by atoms with van der Waals surface area (Å²) in [6.07, 6.45) is 4.06. The van der Waals surface area contributed by atoms with Crippen molar-refractivity contribution in [1.82, 2.24) is 4.31 Å². The first-order chi connectivity index (χ1) is 10.1. The molecule has 0 bridgehead atoms. The molecule has 1 fully saturated rings. The highest BCUT2D eigenvalue weighted by Gasteiger charge is 2.27. The molecule has 5 heteroatoms. The van der Waals surface area contributed by atoms with Crippen LogP contribution in [0.2, 0.25) is 5.02 Å². The van der Waals surface area contributed by atoms with Crippen molar-refractivity contribution in [3.8, 4) is 0 Å². The van der Waals surface area contributed by atoms with Crippen molar-refractivity contribution >= 4 is 32.4 Å². The Morgan fingerprint density at radius 1 is 0.905 bits per heavy atom. The summed E-state index contributed by atoms with van der Waals surface area (Å²) in [7, 11) is -3.49. The van der Waals surface area contributed by atoms with Crippen LogP contribution in [0.15, 0.2) is 41.3 Å². The zero-order chi connectivity index (χ0) is 14.9. The minimum absolute atomic E-state index is 0.326. The summed E-state index contributed by atoms with van der Waals surface area (Å²) in [5, 5.41) is 1.98. The highest BCUT2D eigenvalue weighted by atomic mass is 35.5. The molecule has 0 saturated carbocycles. The Morgan fingerprint density at radius 2 is 1.52 bits per heavy atom. The van der Waals surface area contributed by atoms with Crippen LogP contribution in [0.1, 0.15) is 25.7 Å². The van der Waals surface area contributed by atoms with Gasteiger partial charge >= 0.3 is 0 Å². The fourth-order valence-corrected chi connectivity index (χ4v) is 4.99. The van der Waals surface area contributed by atoms with Crippen LogP contribution in [0.3, 0.4) is 0 Å². The van der Waals surface area contributed by atoms with E-state index in [4.69, 9.17) is 11.6 Å². The highest BCUT2D eigenvalue weighted by molar-refractivity contribution is 7.89. The Morgan fingerprint density at radius 3 is 2.19 bits per heavy atom. The summed E-state index contributed by atoms with van der Waals surface area (Å²) in [5.74, 6) is 0. The normalized spacial score (nSPS) is 17.8. The van der Waals surface area contributed by atoms with Crippen LogP contribution in [-0.2, 0) is 10.0 Å². The minimum atomic E-state index is -3.49. The topological polar surface area (TPSA) is 37.4 Å². The lowest BCUT2D eigenvalue weighted by molar-refractivity contribution is 0.424. The van der Waals surface area contributed by atoms with E-state index in [9.17, 15) is 8.42 Å². The predicted molar refractivity (Wildman–Crippen MR) is 86.2 cm³/mol. The molecule has 1 aliphatic rings. The van der Waals surface area contributed by atoms with Gasteiger partial charge in [-0.15, -0.1) is 0 Å². The molecule has 3 nitrogen and oxygen atoms in total. The smallest absolute Gasteiger partial charge is 0.207 e. The number of sulfonamides is 1. The second-order valence-electron chi connectivity index (χ2n) is 5.41. The number of halogens is 1. The van der Waals surface area contributed by atoms with Gasteiger partial charge in [-0.1, -0.05) is 48.7 Å². The van der Waals surface area contributed by atoms with Gasteiger partial charge in [0, 0.05) is 23.5 Å². The zero-order valence-electron chi connectivity index (χ0n) is 11.8. The average molecular weight is 324 g/mol. The van der Waals surface area contributed by atoms with Crippen LogP contribution in [0, 0.1) is 0 Å². The Labute approximate surface area is 130 Å². The maximum Gasteiger partial charge on any atom is 0.243 e. The first-order valence-electron chi connectivity index (χ1n) is 7.28. The van der Waals surface area contributed by atoms with Crippen LogP contribution in [0.4, 0.5) is 0 Å². The average Bonchev–Trinajstić information content (AvgIpc) is 2.76. The second-order valence-corrected chi connectivity index (χ2v) is 7.73. The molecule has 112 valence electrons. The summed E-state index contributed by atoms with van der Waals surface area (Å²) >= 11 is 6.26. The predicted octanol–water partition coefficient (Wildman–Crippen LogP) is 4.06. The van der Waals surface area contributed by atoms with Crippen molar-refractivity contribution in [2.75, 3.05) is 13.1 Å². The molecule has 21 heavy (non-hydrogen) atoms. The number of hydrogen-bond acceptors (Lipinski definition) is 2. The first-order valence-corrected chi connectivity index (χ1v) is 9.10. The van der Waals surface area contributed by atoms with Crippen LogP contribution >= 0.6 is 11.6 Å². The van der Waals surface area contributed by atoms with Gasteiger partial charge in [-0.25, -0.2) is 8.42 Å². The summed E-state index contributed by atoms with van der Waals surface area (Å²) in [4.78, 5) is 0.326. The van der Waals surface area contributed by atoms with Gasteiger partial charge in [-0.3, -0.25) is 0 Å². The van der Waals surface area contributed by atoms with E-state index >= 15 is 0 Å². The van der Waals surface area contributed by atoms with Gasteiger partial charge in [-0.05, 0) is 30.4 Å². The second kappa shape index (κ2) is 5.95. The molecule has 2 aromatic rings. The molecule has 1 saturated heterocycles. The van der Waals surface area contributed by atoms with Crippen molar-refractivity contribution in [3.05, 3.63) is 41.4 Å². The number of rotatable bonds is 2. The molecule has 0 atom stereocenters. The fraction of sp³-hybridized carbons (Fsp3) is 0.375. The Kier molecular flexibility index (Phi) is 4.20. The van der Waals surface area contributed by atoms with Gasteiger partial charge in [-0.2, -0.15) is 4.31 Å². The van der Waals surface area contributed by atoms with Gasteiger partial charge in [0.25, 0.3) is 0 Å². The van der Waals surface area contributed by atoms with Crippen LogP contribution in [0.5, 0.6) is 0 Å². The van der Waals surface area contributed by atoms with Gasteiger partial charge in [0.2, 0.25) is 10.0 Å². The van der Waals surface area contributed by atoms with Crippen molar-refractivity contribution in [2.24, 2.45) is 0 Å². The lowest BCUT2D eigenvalue weighted by atomic mass is 10.1. The maximum atomic E-state index is 13.0. The molecule has 0 radical (unpaired) electrons. The maximum absolute atomic E-state index is 13.0. The van der Waals surface area contributed by atoms with E-state index in [1.165, 1.54) is 0 Å². The number of hydrogen-bond donors (Lipinski definition) is 0. The largest absolute Gasteiger partial charge is 0.243 e. The quantitative estimate of drug-likeness (QED) is 0.835. The van der Waals surface area contributed by atoms with Crippen molar-refractivity contribution in [3.63, 3.8) is 0 Å². The van der Waals surface area contributed by atoms with Crippen molar-refractivity contribution < 1.29 is 8.42 Å². The Hall–Kier alpha value is -1.10. The van der Waals surface area contributed by atoms with Gasteiger partial charge < -0.3 is 0 Å². The minimum Gasteiger partial charge on any atom is -0.207 e. The molecule has 0 unspecified atom stereocenters. The Balaban J connectivity index is 2.14. The number of fused-ring (bicyclic) bond motifs is 1. The summed E-state index contributed by atoms with van der Waals surface area (Å²) in [6.45, 7) is 1.20. The van der Waals surface area contributed by atoms with Crippen molar-refractivity contribution in [1.29, 1.82) is 0 Å². The van der Waals surface area contributed by atoms with E-state index < -0.39 is 10.0 Å². The van der Waals surface area contributed by atoms with Gasteiger partial charge in [0.05, 0.1) is 4.90 Å². The molecular weight excluding hydrogens is 306 g/mol. The molecule has 0 amide bonds. The number of nitrogens with zero attached hydrogens (tertiary/aromatic N) is 1. The molecule has 0 N–H and O–H groups in total. The van der Waals surface area contributed by atoms with Gasteiger partial charge in [0.15, 0.2) is 0 Å². The Bertz CT molecular complexity index is 745. The van der Waals surface area contributed by atoms with Crippen LogP contribution in [-0.4, -0.2) is 25.8 Å². The summed E-state index contributed by atoms with van der Waals surface area (Å²) < 4.78 is 27.6. The van der Waals surface area contributed by atoms with Crippen LogP contribution < -0.4 is 0 Å². The molecule has 2 aromatic carbocycles. The third-order valence-electron chi connectivity index (χ3n) is 4.00. The van der Waals surface area contributed by atoms with Gasteiger partial charge in [0.1, 0.15) is 0 Å². The molecule has 0 aromatic heterocycles. The molecule has 1 heterocycles. The summed E-state index contributed by atoms with van der Waals surface area (Å²) in [5.41, 5.74) is 0. The summed E-state index contributed by atoms with van der Waals surface area (Å²) in [6, 6.07) is 10.8. The van der Waals surface area contributed by atoms with Crippen molar-refractivity contribution in [2.45, 2.75) is 30.6 Å². The standard InChI is InChI=1S/C16H18ClNO2S/c17-14-9-5-7-13-8-6-10-15(16(13)14)21(19,20)18-11-3-1-2-4-12-18/h5-10H,1-4,11-12H2. The van der Waals surface area contributed by atoms with E-state index in [1.54, 1.807) is 22.5 Å². The molecule has 3 rings (SSSR count). The monoisotopic (exact) mass is 323 g/mol. The first kappa shape index (κ1) is 14.8. The van der Waals surface area contributed by atoms with Crippen LogP contribution in [0.25, 0.3) is 10.8 Å². The van der Waals surface area contributed by atoms with E-state index in [0.29, 0.717) is 28.4 Å². The van der Waals surface area contributed by atoms with E-state index in [-0.39, 0.29) is 0 Å². The third-order valence-corrected chi connectivity index (χ3v) is 6.25. The van der Waals surface area contributed by atoms with E-state index in [2.05, 4.69) is 0 Å². The number of benzene rings is 2. The van der Waals surface area contributed by atoms with E-state index in [1.807, 2.05) is 18.2 Å². The zero-order valence-corrected chi connectivity index (χ0v) is 13.3. The lowest BCUT2D eigenvalue weighted by Crippen LogP contribution is -2.32. The third kappa shape index (κ3) is 2.80. The fourth-order valence-electron chi connectivity index (χ4n) is 2.90. The molecule has 1 aliphatic heterocycles. The van der Waals surface area contributed by atoms with E-state index in [0.717, 1.165) is 31.1 Å². The molecule has 0 spiro atoms. The SMILES string of the molecule is O=S(=O)(c1cccc2cccc(Cl)c12)N1CCCCCC1. The lowest BCUT2D eigenvalue weighted by Gasteiger charge is -2.21. The molecule has 0 aliphatic carbocycles.